The van der Waals surface area contributed by atoms with Crippen molar-refractivity contribution in [3.05, 3.63) is 60.2 Å². The molecular formula is C25H32N2O2. The molecule has 0 aromatic heterocycles. The molecule has 2 aliphatic rings. The zero-order valence-electron chi connectivity index (χ0n) is 17.2. The Bertz CT molecular complexity index is 761. The van der Waals surface area contributed by atoms with Crippen LogP contribution in [0.4, 0.5) is 0 Å². The highest BCUT2D eigenvalue weighted by atomic mass is 16.5. The fraction of sp³-hybridized carbons (Fsp3) is 0.480. The van der Waals surface area contributed by atoms with Gasteiger partial charge in [-0.05, 0) is 61.9 Å². The van der Waals surface area contributed by atoms with Crippen molar-refractivity contribution < 1.29 is 9.53 Å². The number of carbonyl (C=O) groups excluding carboxylic acids is 1. The number of nitrogens with one attached hydrogen (secondary N) is 1. The Morgan fingerprint density at radius 1 is 0.931 bits per heavy atom. The summed E-state index contributed by atoms with van der Waals surface area (Å²) in [5.74, 6) is 0.341. The lowest BCUT2D eigenvalue weighted by Gasteiger charge is -2.34. The Hall–Kier alpha value is -2.17. The van der Waals surface area contributed by atoms with Gasteiger partial charge in [0.05, 0.1) is 6.10 Å². The molecule has 4 heteroatoms. The SMILES string of the molecule is O=C(NCc1ccc(-c2ccccc2)cc1)C1CCN(CC2CCCCO2)CC1. The fourth-order valence-electron chi connectivity index (χ4n) is 4.40. The first-order valence-electron chi connectivity index (χ1n) is 11.0. The molecule has 0 aliphatic carbocycles. The predicted octanol–water partition coefficient (Wildman–Crippen LogP) is 4.25. The molecule has 2 heterocycles. The number of carbonyl (C=O) groups is 1. The van der Waals surface area contributed by atoms with Crippen molar-refractivity contribution in [1.82, 2.24) is 10.2 Å². The number of nitrogens with zero attached hydrogens (tertiary/aromatic N) is 1. The van der Waals surface area contributed by atoms with E-state index in [2.05, 4.69) is 58.7 Å². The van der Waals surface area contributed by atoms with Crippen LogP contribution in [0.1, 0.15) is 37.7 Å². The molecule has 0 saturated carbocycles. The monoisotopic (exact) mass is 392 g/mol. The van der Waals surface area contributed by atoms with Crippen LogP contribution in [-0.2, 0) is 16.1 Å². The zero-order chi connectivity index (χ0) is 19.9. The lowest BCUT2D eigenvalue weighted by Crippen LogP contribution is -2.43. The van der Waals surface area contributed by atoms with E-state index in [0.29, 0.717) is 12.6 Å². The summed E-state index contributed by atoms with van der Waals surface area (Å²) in [6, 6.07) is 18.8. The standard InChI is InChI=1S/C25H32N2O2/c28-25(23-13-15-27(16-14-23)19-24-8-4-5-17-29-24)26-18-20-9-11-22(12-10-20)21-6-2-1-3-7-21/h1-3,6-7,9-12,23-24H,4-5,8,13-19H2,(H,26,28). The summed E-state index contributed by atoms with van der Waals surface area (Å²) in [5, 5.41) is 3.14. The molecular weight excluding hydrogens is 360 g/mol. The second kappa shape index (κ2) is 10.0. The largest absolute Gasteiger partial charge is 0.377 e. The van der Waals surface area contributed by atoms with E-state index in [4.69, 9.17) is 4.74 Å². The van der Waals surface area contributed by atoms with Gasteiger partial charge < -0.3 is 15.0 Å². The first kappa shape index (κ1) is 20.1. The number of likely N-dealkylation sites (tertiary alicyclic amines) is 1. The average molecular weight is 393 g/mol. The van der Waals surface area contributed by atoms with Crippen LogP contribution >= 0.6 is 0 Å². The summed E-state index contributed by atoms with van der Waals surface area (Å²) in [4.78, 5) is 15.1. The summed E-state index contributed by atoms with van der Waals surface area (Å²) >= 11 is 0. The van der Waals surface area contributed by atoms with Gasteiger partial charge in [0.15, 0.2) is 0 Å². The normalized spacial score (nSPS) is 21.0. The summed E-state index contributed by atoms with van der Waals surface area (Å²) in [6.07, 6.45) is 5.97. The summed E-state index contributed by atoms with van der Waals surface area (Å²) in [5.41, 5.74) is 3.56. The topological polar surface area (TPSA) is 41.6 Å². The third kappa shape index (κ3) is 5.68. The van der Waals surface area contributed by atoms with Crippen LogP contribution in [0.5, 0.6) is 0 Å². The lowest BCUT2D eigenvalue weighted by molar-refractivity contribution is -0.126. The minimum absolute atomic E-state index is 0.141. The Morgan fingerprint density at radius 3 is 2.34 bits per heavy atom. The summed E-state index contributed by atoms with van der Waals surface area (Å²) in [6.45, 7) is 4.55. The first-order chi connectivity index (χ1) is 14.3. The Kier molecular flexibility index (Phi) is 6.96. The quantitative estimate of drug-likeness (QED) is 0.799. The number of hydrogen-bond donors (Lipinski definition) is 1. The van der Waals surface area contributed by atoms with Crippen molar-refractivity contribution in [3.63, 3.8) is 0 Å². The molecule has 29 heavy (non-hydrogen) atoms. The van der Waals surface area contributed by atoms with Crippen molar-refractivity contribution >= 4 is 5.91 Å². The van der Waals surface area contributed by atoms with Gasteiger partial charge in [0.1, 0.15) is 0 Å². The Labute approximate surface area is 174 Å². The van der Waals surface area contributed by atoms with E-state index < -0.39 is 0 Å². The van der Waals surface area contributed by atoms with E-state index in [1.165, 1.54) is 30.4 Å². The zero-order valence-corrected chi connectivity index (χ0v) is 17.2. The van der Waals surface area contributed by atoms with Gasteiger partial charge in [-0.15, -0.1) is 0 Å². The number of piperidine rings is 1. The van der Waals surface area contributed by atoms with Gasteiger partial charge in [-0.3, -0.25) is 4.79 Å². The van der Waals surface area contributed by atoms with Gasteiger partial charge in [0.2, 0.25) is 5.91 Å². The van der Waals surface area contributed by atoms with E-state index in [0.717, 1.165) is 44.6 Å². The molecule has 2 saturated heterocycles. The first-order valence-corrected chi connectivity index (χ1v) is 11.0. The van der Waals surface area contributed by atoms with E-state index >= 15 is 0 Å². The highest BCUT2D eigenvalue weighted by Gasteiger charge is 2.26. The maximum absolute atomic E-state index is 12.6. The van der Waals surface area contributed by atoms with Gasteiger partial charge in [0, 0.05) is 25.6 Å². The number of benzene rings is 2. The average Bonchev–Trinajstić information content (AvgIpc) is 2.80. The fourth-order valence-corrected chi connectivity index (χ4v) is 4.40. The van der Waals surface area contributed by atoms with Gasteiger partial charge in [-0.2, -0.15) is 0 Å². The predicted molar refractivity (Wildman–Crippen MR) is 116 cm³/mol. The molecule has 1 unspecified atom stereocenters. The Balaban J connectivity index is 1.20. The highest BCUT2D eigenvalue weighted by Crippen LogP contribution is 2.21. The highest BCUT2D eigenvalue weighted by molar-refractivity contribution is 5.78. The third-order valence-electron chi connectivity index (χ3n) is 6.22. The molecule has 0 spiro atoms. The molecule has 1 amide bonds. The maximum Gasteiger partial charge on any atom is 0.223 e. The van der Waals surface area contributed by atoms with Crippen molar-refractivity contribution in [3.8, 4) is 11.1 Å². The summed E-state index contributed by atoms with van der Waals surface area (Å²) in [7, 11) is 0. The molecule has 0 radical (unpaired) electrons. The van der Waals surface area contributed by atoms with Crippen LogP contribution in [-0.4, -0.2) is 43.2 Å². The molecule has 0 bridgehead atoms. The van der Waals surface area contributed by atoms with Crippen LogP contribution in [0, 0.1) is 5.92 Å². The third-order valence-corrected chi connectivity index (χ3v) is 6.22. The van der Waals surface area contributed by atoms with Crippen LogP contribution in [0.15, 0.2) is 54.6 Å². The molecule has 2 fully saturated rings. The Morgan fingerprint density at radius 2 is 1.66 bits per heavy atom. The number of ether oxygens (including phenoxy) is 1. The van der Waals surface area contributed by atoms with Gasteiger partial charge >= 0.3 is 0 Å². The second-order valence-corrected chi connectivity index (χ2v) is 8.34. The van der Waals surface area contributed by atoms with Crippen molar-refractivity contribution in [1.29, 1.82) is 0 Å². The lowest BCUT2D eigenvalue weighted by atomic mass is 9.95. The molecule has 2 aromatic rings. The smallest absolute Gasteiger partial charge is 0.223 e. The van der Waals surface area contributed by atoms with Crippen LogP contribution in [0.25, 0.3) is 11.1 Å². The van der Waals surface area contributed by atoms with E-state index in [1.54, 1.807) is 0 Å². The molecule has 4 rings (SSSR count). The van der Waals surface area contributed by atoms with Crippen molar-refractivity contribution in [2.45, 2.75) is 44.8 Å². The number of rotatable bonds is 6. The number of hydrogen-bond acceptors (Lipinski definition) is 3. The molecule has 1 atom stereocenters. The molecule has 2 aromatic carbocycles. The molecule has 154 valence electrons. The second-order valence-electron chi connectivity index (χ2n) is 8.34. The van der Waals surface area contributed by atoms with E-state index in [1.807, 2.05) is 6.07 Å². The van der Waals surface area contributed by atoms with Crippen LogP contribution in [0.2, 0.25) is 0 Å². The number of amides is 1. The molecule has 2 aliphatic heterocycles. The van der Waals surface area contributed by atoms with Crippen LogP contribution < -0.4 is 5.32 Å². The molecule has 1 N–H and O–H groups in total. The van der Waals surface area contributed by atoms with Gasteiger partial charge in [-0.25, -0.2) is 0 Å². The van der Waals surface area contributed by atoms with E-state index in [-0.39, 0.29) is 11.8 Å². The minimum Gasteiger partial charge on any atom is -0.377 e. The minimum atomic E-state index is 0.141. The van der Waals surface area contributed by atoms with Crippen molar-refractivity contribution in [2.75, 3.05) is 26.2 Å². The van der Waals surface area contributed by atoms with Crippen molar-refractivity contribution in [2.24, 2.45) is 5.92 Å². The van der Waals surface area contributed by atoms with Gasteiger partial charge in [-0.1, -0.05) is 54.6 Å². The molecule has 4 nitrogen and oxygen atoms in total. The maximum atomic E-state index is 12.6. The van der Waals surface area contributed by atoms with Gasteiger partial charge in [0.25, 0.3) is 0 Å². The van der Waals surface area contributed by atoms with Crippen LogP contribution in [0.3, 0.4) is 0 Å². The van der Waals surface area contributed by atoms with E-state index in [9.17, 15) is 4.79 Å². The summed E-state index contributed by atoms with van der Waals surface area (Å²) < 4.78 is 5.86.